The van der Waals surface area contributed by atoms with Crippen LogP contribution in [0.4, 0.5) is 10.1 Å². The number of halogens is 3. The second-order valence-electron chi connectivity index (χ2n) is 11.3. The molecule has 8 nitrogen and oxygen atoms in total. The van der Waals surface area contributed by atoms with Crippen molar-refractivity contribution in [2.45, 2.75) is 36.4 Å². The molecular formula is C30H23Cl2FN4O4. The summed E-state index contributed by atoms with van der Waals surface area (Å²) in [5, 5.41) is 18.6. The minimum atomic E-state index is -1.29. The van der Waals surface area contributed by atoms with Gasteiger partial charge in [0.2, 0.25) is 11.8 Å². The third kappa shape index (κ3) is 3.40. The zero-order valence-electron chi connectivity index (χ0n) is 21.5. The Bertz CT molecular complexity index is 1810. The van der Waals surface area contributed by atoms with Crippen LogP contribution in [0.25, 0.3) is 10.9 Å². The van der Waals surface area contributed by atoms with Gasteiger partial charge in [0.05, 0.1) is 33.6 Å². The number of anilines is 1. The molecule has 1 amide bonds. The van der Waals surface area contributed by atoms with Gasteiger partial charge in [-0.25, -0.2) is 13.9 Å². The Kier molecular flexibility index (Phi) is 5.31. The van der Waals surface area contributed by atoms with Gasteiger partial charge < -0.3 is 15.2 Å². The molecule has 1 saturated heterocycles. The molecule has 1 aliphatic carbocycles. The van der Waals surface area contributed by atoms with Gasteiger partial charge in [0, 0.05) is 28.7 Å². The highest BCUT2D eigenvalue weighted by atomic mass is 35.5. The standard InChI is InChI=1S/C30H23Cl2FN4O4/c31-16-7-9-19-22(11-16)34-29(40)30(19)24(18-2-1-3-20(32)25(18)33)26-23(36(30)12-14-4-5-14)13-41-27-17-8-6-15(28(38)39)10-21(17)35-37(26)27/h1-3,6-11,14,23-24,26H,4-5,12-13H2,(H,34,40)(H,38,39)/t23-,24-,26?,30+/m0/s1. The first-order valence-corrected chi connectivity index (χ1v) is 14.2. The maximum atomic E-state index is 16.1. The van der Waals surface area contributed by atoms with E-state index in [1.54, 1.807) is 35.0 Å². The molecule has 1 unspecified atom stereocenters. The summed E-state index contributed by atoms with van der Waals surface area (Å²) < 4.78 is 24.2. The maximum absolute atomic E-state index is 16.1. The number of amides is 1. The average molecular weight is 593 g/mol. The van der Waals surface area contributed by atoms with Crippen molar-refractivity contribution in [2.75, 3.05) is 18.5 Å². The number of carbonyl (C=O) groups excluding carboxylic acids is 1. The number of rotatable bonds is 4. The zero-order valence-corrected chi connectivity index (χ0v) is 23.0. The predicted octanol–water partition coefficient (Wildman–Crippen LogP) is 5.84. The van der Waals surface area contributed by atoms with Crippen molar-refractivity contribution in [2.24, 2.45) is 5.92 Å². The van der Waals surface area contributed by atoms with Gasteiger partial charge in [-0.2, -0.15) is 5.10 Å². The SMILES string of the molecule is O=C(O)c1ccc2c3n(nc2c1)C1[C@H](CO3)N(CC2CC2)[C@@]2(C(=O)Nc3cc(Cl)ccc32)[C@H]1c1cccc(Cl)c1F. The Morgan fingerprint density at radius 3 is 2.78 bits per heavy atom. The molecule has 1 aromatic heterocycles. The van der Waals surface area contributed by atoms with Gasteiger partial charge in [-0.15, -0.1) is 0 Å². The molecule has 3 aliphatic heterocycles. The number of aromatic nitrogens is 2. The number of hydrogen-bond donors (Lipinski definition) is 2. The molecule has 1 saturated carbocycles. The lowest BCUT2D eigenvalue weighted by atomic mass is 9.73. The number of nitrogens with zero attached hydrogens (tertiary/aromatic N) is 3. The number of benzene rings is 3. The summed E-state index contributed by atoms with van der Waals surface area (Å²) in [7, 11) is 0. The first-order valence-electron chi connectivity index (χ1n) is 13.5. The van der Waals surface area contributed by atoms with E-state index in [1.807, 2.05) is 6.07 Å². The van der Waals surface area contributed by atoms with E-state index < -0.39 is 29.3 Å². The van der Waals surface area contributed by atoms with Crippen LogP contribution < -0.4 is 10.1 Å². The summed E-state index contributed by atoms with van der Waals surface area (Å²) in [4.78, 5) is 28.3. The Morgan fingerprint density at radius 2 is 2.00 bits per heavy atom. The number of carboxylic acids is 1. The molecule has 4 aliphatic rings. The van der Waals surface area contributed by atoms with E-state index in [0.29, 0.717) is 45.5 Å². The largest absolute Gasteiger partial charge is 0.478 e. The highest BCUT2D eigenvalue weighted by molar-refractivity contribution is 6.31. The lowest BCUT2D eigenvalue weighted by molar-refractivity contribution is -0.128. The van der Waals surface area contributed by atoms with Crippen LogP contribution in [-0.2, 0) is 10.3 Å². The molecule has 4 aromatic rings. The second kappa shape index (κ2) is 8.67. The average Bonchev–Trinajstić information content (AvgIpc) is 3.53. The van der Waals surface area contributed by atoms with Crippen LogP contribution in [0.15, 0.2) is 54.6 Å². The second-order valence-corrected chi connectivity index (χ2v) is 12.1. The fourth-order valence-electron chi connectivity index (χ4n) is 7.22. The Hall–Kier alpha value is -3.66. The summed E-state index contributed by atoms with van der Waals surface area (Å²) >= 11 is 12.7. The summed E-state index contributed by atoms with van der Waals surface area (Å²) in [6.07, 6.45) is 2.09. The van der Waals surface area contributed by atoms with Crippen molar-refractivity contribution in [1.29, 1.82) is 0 Å². The first kappa shape index (κ1) is 25.1. The number of aromatic carboxylic acids is 1. The van der Waals surface area contributed by atoms with Crippen LogP contribution in [0.2, 0.25) is 10.0 Å². The summed E-state index contributed by atoms with van der Waals surface area (Å²) in [6, 6.07) is 14.0. The Morgan fingerprint density at radius 1 is 1.17 bits per heavy atom. The molecule has 2 N–H and O–H groups in total. The monoisotopic (exact) mass is 592 g/mol. The number of hydrogen-bond acceptors (Lipinski definition) is 5. The zero-order chi connectivity index (χ0) is 28.2. The number of fused-ring (bicyclic) bond motifs is 7. The summed E-state index contributed by atoms with van der Waals surface area (Å²) in [6.45, 7) is 0.869. The van der Waals surface area contributed by atoms with Crippen molar-refractivity contribution in [3.05, 3.63) is 87.2 Å². The van der Waals surface area contributed by atoms with Gasteiger partial charge in [0.15, 0.2) is 0 Å². The molecule has 41 heavy (non-hydrogen) atoms. The van der Waals surface area contributed by atoms with Gasteiger partial charge in [-0.1, -0.05) is 41.4 Å². The van der Waals surface area contributed by atoms with Gasteiger partial charge in [0.25, 0.3) is 0 Å². The third-order valence-electron chi connectivity index (χ3n) is 9.07. The van der Waals surface area contributed by atoms with E-state index in [2.05, 4.69) is 10.2 Å². The van der Waals surface area contributed by atoms with Crippen molar-refractivity contribution >= 4 is 51.7 Å². The topological polar surface area (TPSA) is 96.7 Å². The molecule has 8 rings (SSSR count). The number of ether oxygens (including phenoxy) is 1. The van der Waals surface area contributed by atoms with E-state index in [4.69, 9.17) is 33.0 Å². The summed E-state index contributed by atoms with van der Waals surface area (Å²) in [5.41, 5.74) is 0.871. The van der Waals surface area contributed by atoms with E-state index in [9.17, 15) is 14.7 Å². The van der Waals surface area contributed by atoms with E-state index >= 15 is 4.39 Å². The van der Waals surface area contributed by atoms with Crippen molar-refractivity contribution < 1.29 is 23.8 Å². The predicted molar refractivity (Wildman–Crippen MR) is 150 cm³/mol. The lowest BCUT2D eigenvalue weighted by Crippen LogP contribution is -2.54. The molecular weight excluding hydrogens is 570 g/mol. The molecule has 11 heteroatoms. The number of carboxylic acid groups (broad SMARTS) is 1. The van der Waals surface area contributed by atoms with Gasteiger partial charge in [0.1, 0.15) is 18.0 Å². The minimum absolute atomic E-state index is 0.0337. The fourth-order valence-corrected chi connectivity index (χ4v) is 7.58. The van der Waals surface area contributed by atoms with Gasteiger partial charge >= 0.3 is 5.97 Å². The minimum Gasteiger partial charge on any atom is -0.478 e. The van der Waals surface area contributed by atoms with Crippen LogP contribution in [0.1, 0.15) is 46.3 Å². The van der Waals surface area contributed by atoms with Crippen molar-refractivity contribution in [3.63, 3.8) is 0 Å². The van der Waals surface area contributed by atoms with Gasteiger partial charge in [-0.3, -0.25) is 9.69 Å². The van der Waals surface area contributed by atoms with Crippen LogP contribution in [0, 0.1) is 11.7 Å². The van der Waals surface area contributed by atoms with E-state index in [1.165, 1.54) is 18.2 Å². The maximum Gasteiger partial charge on any atom is 0.335 e. The lowest BCUT2D eigenvalue weighted by Gasteiger charge is -2.39. The molecule has 0 bridgehead atoms. The fraction of sp³-hybridized carbons (Fsp3) is 0.300. The number of carbonyl (C=O) groups is 2. The van der Waals surface area contributed by atoms with Crippen LogP contribution >= 0.6 is 23.2 Å². The quantitative estimate of drug-likeness (QED) is 0.309. The Balaban J connectivity index is 1.43. The van der Waals surface area contributed by atoms with Gasteiger partial charge in [-0.05, 0) is 60.7 Å². The Labute approximate surface area is 243 Å². The number of nitrogens with one attached hydrogen (secondary N) is 1. The molecule has 2 fully saturated rings. The van der Waals surface area contributed by atoms with E-state index in [-0.39, 0.29) is 29.1 Å². The first-order chi connectivity index (χ1) is 19.8. The van der Waals surface area contributed by atoms with Crippen molar-refractivity contribution in [3.8, 4) is 5.88 Å². The number of likely N-dealkylation sites (tertiary alicyclic amines) is 1. The highest BCUT2D eigenvalue weighted by Gasteiger charge is 2.69. The van der Waals surface area contributed by atoms with Crippen LogP contribution in [-0.4, -0.2) is 50.9 Å². The van der Waals surface area contributed by atoms with Crippen LogP contribution in [0.5, 0.6) is 5.88 Å². The normalized spacial score (nSPS) is 26.5. The molecule has 4 heterocycles. The molecule has 3 aromatic carbocycles. The third-order valence-corrected chi connectivity index (χ3v) is 9.59. The molecule has 0 radical (unpaired) electrons. The van der Waals surface area contributed by atoms with Crippen LogP contribution in [0.3, 0.4) is 0 Å². The molecule has 208 valence electrons. The molecule has 4 atom stereocenters. The van der Waals surface area contributed by atoms with Crippen molar-refractivity contribution in [1.82, 2.24) is 14.7 Å². The summed E-state index contributed by atoms with van der Waals surface area (Å²) in [5.74, 6) is -1.80. The van der Waals surface area contributed by atoms with E-state index in [0.717, 1.165) is 18.4 Å². The smallest absolute Gasteiger partial charge is 0.335 e. The molecule has 1 spiro atoms. The highest BCUT2D eigenvalue weighted by Crippen LogP contribution is 2.63.